The van der Waals surface area contributed by atoms with Gasteiger partial charge >= 0.3 is 0 Å². The molecule has 0 saturated heterocycles. The highest BCUT2D eigenvalue weighted by Gasteiger charge is 2.10. The van der Waals surface area contributed by atoms with Crippen LogP contribution in [0.25, 0.3) is 0 Å². The van der Waals surface area contributed by atoms with E-state index in [1.54, 1.807) is 18.2 Å². The van der Waals surface area contributed by atoms with Gasteiger partial charge in [0.05, 0.1) is 22.9 Å². The van der Waals surface area contributed by atoms with Crippen LogP contribution >= 0.6 is 15.9 Å². The molecule has 4 heteroatoms. The highest BCUT2D eigenvalue weighted by Crippen LogP contribution is 2.29. The molecule has 2 aromatic carbocycles. The van der Waals surface area contributed by atoms with Gasteiger partial charge in [-0.05, 0) is 36.4 Å². The fourth-order valence-corrected chi connectivity index (χ4v) is 2.17. The highest BCUT2D eigenvalue weighted by atomic mass is 79.9. The molecule has 0 saturated carbocycles. The Hall–Kier alpha value is -2.30. The normalized spacial score (nSPS) is 9.47. The first-order valence-corrected chi connectivity index (χ1v) is 6.38. The summed E-state index contributed by atoms with van der Waals surface area (Å²) < 4.78 is 0.868. The Balaban J connectivity index is 2.47. The molecule has 0 spiro atoms. The summed E-state index contributed by atoms with van der Waals surface area (Å²) in [6.07, 6.45) is 0. The van der Waals surface area contributed by atoms with Crippen LogP contribution in [0.2, 0.25) is 0 Å². The molecule has 0 bridgehead atoms. The molecule has 19 heavy (non-hydrogen) atoms. The van der Waals surface area contributed by atoms with E-state index in [9.17, 15) is 5.26 Å². The molecule has 92 valence electrons. The lowest BCUT2D eigenvalue weighted by atomic mass is 10.1. The topological polar surface area (TPSA) is 50.8 Å². The second kappa shape index (κ2) is 5.56. The highest BCUT2D eigenvalue weighted by molar-refractivity contribution is 9.10. The Bertz CT molecular complexity index is 695. The van der Waals surface area contributed by atoms with Crippen molar-refractivity contribution in [2.75, 3.05) is 11.9 Å². The lowest BCUT2D eigenvalue weighted by molar-refractivity contribution is 1.19. The van der Waals surface area contributed by atoms with Crippen LogP contribution in [0, 0.1) is 22.7 Å². The van der Waals surface area contributed by atoms with E-state index in [-0.39, 0.29) is 0 Å². The zero-order valence-corrected chi connectivity index (χ0v) is 11.8. The molecule has 2 aromatic rings. The molecule has 0 amide bonds. The van der Waals surface area contributed by atoms with Crippen molar-refractivity contribution in [3.05, 3.63) is 58.1 Å². The first kappa shape index (κ1) is 13.1. The molecule has 0 aromatic heterocycles. The van der Waals surface area contributed by atoms with Gasteiger partial charge < -0.3 is 4.90 Å². The van der Waals surface area contributed by atoms with Crippen molar-refractivity contribution in [1.29, 1.82) is 10.5 Å². The monoisotopic (exact) mass is 311 g/mol. The van der Waals surface area contributed by atoms with E-state index in [4.69, 9.17) is 5.26 Å². The largest absolute Gasteiger partial charge is 0.344 e. The van der Waals surface area contributed by atoms with Gasteiger partial charge in [-0.3, -0.25) is 0 Å². The fraction of sp³-hybridized carbons (Fsp3) is 0.0667. The van der Waals surface area contributed by atoms with Gasteiger partial charge in [0.2, 0.25) is 0 Å². The molecule has 0 N–H and O–H groups in total. The molecular formula is C15H10BrN3. The zero-order chi connectivity index (χ0) is 13.8. The van der Waals surface area contributed by atoms with Gasteiger partial charge in [0.15, 0.2) is 0 Å². The van der Waals surface area contributed by atoms with E-state index < -0.39 is 0 Å². The molecule has 2 rings (SSSR count). The van der Waals surface area contributed by atoms with Crippen molar-refractivity contribution in [3.63, 3.8) is 0 Å². The molecule has 0 aliphatic heterocycles. The molecular weight excluding hydrogens is 302 g/mol. The maximum absolute atomic E-state index is 9.19. The number of benzene rings is 2. The number of nitrogens with zero attached hydrogens (tertiary/aromatic N) is 3. The van der Waals surface area contributed by atoms with Crippen molar-refractivity contribution in [1.82, 2.24) is 0 Å². The smallest absolute Gasteiger partial charge is 0.101 e. The molecule has 0 aliphatic rings. The second-order valence-corrected chi connectivity index (χ2v) is 4.91. The predicted molar refractivity (Wildman–Crippen MR) is 78.1 cm³/mol. The Kier molecular flexibility index (Phi) is 3.85. The van der Waals surface area contributed by atoms with Crippen molar-refractivity contribution in [2.45, 2.75) is 0 Å². The van der Waals surface area contributed by atoms with E-state index in [0.717, 1.165) is 15.8 Å². The van der Waals surface area contributed by atoms with Crippen molar-refractivity contribution < 1.29 is 0 Å². The van der Waals surface area contributed by atoms with Gasteiger partial charge in [0, 0.05) is 17.2 Å². The minimum atomic E-state index is 0.583. The molecule has 0 radical (unpaired) electrons. The maximum Gasteiger partial charge on any atom is 0.101 e. The summed E-state index contributed by atoms with van der Waals surface area (Å²) in [6.45, 7) is 0. The number of nitriles is 2. The Labute approximate surface area is 120 Å². The summed E-state index contributed by atoms with van der Waals surface area (Å²) in [7, 11) is 1.88. The van der Waals surface area contributed by atoms with E-state index in [0.29, 0.717) is 11.1 Å². The Morgan fingerprint density at radius 2 is 1.84 bits per heavy atom. The first-order chi connectivity index (χ1) is 9.15. The van der Waals surface area contributed by atoms with E-state index >= 15 is 0 Å². The molecule has 0 unspecified atom stereocenters. The van der Waals surface area contributed by atoms with Crippen LogP contribution in [0.4, 0.5) is 11.4 Å². The fourth-order valence-electron chi connectivity index (χ4n) is 1.81. The number of hydrogen-bond acceptors (Lipinski definition) is 3. The molecule has 3 nitrogen and oxygen atoms in total. The van der Waals surface area contributed by atoms with Gasteiger partial charge in [-0.15, -0.1) is 0 Å². The summed E-state index contributed by atoms with van der Waals surface area (Å²) in [5, 5.41) is 18.1. The van der Waals surface area contributed by atoms with E-state index in [1.165, 1.54) is 0 Å². The maximum atomic E-state index is 9.19. The van der Waals surface area contributed by atoms with E-state index in [1.807, 2.05) is 36.2 Å². The summed E-state index contributed by atoms with van der Waals surface area (Å²) in [5.74, 6) is 0. The van der Waals surface area contributed by atoms with Crippen LogP contribution in [0.5, 0.6) is 0 Å². The third-order valence-electron chi connectivity index (χ3n) is 2.80. The predicted octanol–water partition coefficient (Wildman–Crippen LogP) is 3.96. The minimum absolute atomic E-state index is 0.583. The van der Waals surface area contributed by atoms with Crippen LogP contribution in [-0.2, 0) is 0 Å². The molecule has 0 fully saturated rings. The second-order valence-electron chi connectivity index (χ2n) is 3.99. The van der Waals surface area contributed by atoms with Crippen molar-refractivity contribution in [2.24, 2.45) is 0 Å². The molecule has 0 atom stereocenters. The van der Waals surface area contributed by atoms with Gasteiger partial charge in [-0.2, -0.15) is 10.5 Å². The number of halogens is 1. The standard InChI is InChI=1S/C15H10BrN3/c1-19(14-4-2-3-11(7-14)9-17)15-6-5-13(16)8-12(15)10-18/h2-8H,1H3. The van der Waals surface area contributed by atoms with Crippen LogP contribution in [0.1, 0.15) is 11.1 Å². The lowest BCUT2D eigenvalue weighted by Crippen LogP contribution is -2.11. The average Bonchev–Trinajstić information content (AvgIpc) is 2.46. The van der Waals surface area contributed by atoms with Crippen molar-refractivity contribution >= 4 is 27.3 Å². The SMILES string of the molecule is CN(c1cccc(C#N)c1)c1ccc(Br)cc1C#N. The minimum Gasteiger partial charge on any atom is -0.344 e. The molecule has 0 heterocycles. The van der Waals surface area contributed by atoms with Crippen LogP contribution in [0.15, 0.2) is 46.9 Å². The molecule has 0 aliphatic carbocycles. The van der Waals surface area contributed by atoms with Crippen molar-refractivity contribution in [3.8, 4) is 12.1 Å². The van der Waals surface area contributed by atoms with Gasteiger partial charge in [0.1, 0.15) is 6.07 Å². The first-order valence-electron chi connectivity index (χ1n) is 5.59. The van der Waals surface area contributed by atoms with Crippen LogP contribution in [-0.4, -0.2) is 7.05 Å². The third-order valence-corrected chi connectivity index (χ3v) is 3.30. The quantitative estimate of drug-likeness (QED) is 0.843. The zero-order valence-electron chi connectivity index (χ0n) is 10.3. The number of rotatable bonds is 2. The summed E-state index contributed by atoms with van der Waals surface area (Å²) in [6, 6.07) is 17.1. The van der Waals surface area contributed by atoms with E-state index in [2.05, 4.69) is 28.1 Å². The summed E-state index contributed by atoms with van der Waals surface area (Å²) >= 11 is 3.35. The van der Waals surface area contributed by atoms with Gasteiger partial charge in [-0.1, -0.05) is 22.0 Å². The Morgan fingerprint density at radius 1 is 1.05 bits per heavy atom. The van der Waals surface area contributed by atoms with Crippen LogP contribution < -0.4 is 4.90 Å². The van der Waals surface area contributed by atoms with Gasteiger partial charge in [-0.25, -0.2) is 0 Å². The lowest BCUT2D eigenvalue weighted by Gasteiger charge is -2.21. The average molecular weight is 312 g/mol. The van der Waals surface area contributed by atoms with Gasteiger partial charge in [0.25, 0.3) is 0 Å². The van der Waals surface area contributed by atoms with Crippen LogP contribution in [0.3, 0.4) is 0 Å². The third kappa shape index (κ3) is 2.76. The summed E-state index contributed by atoms with van der Waals surface area (Å²) in [5.41, 5.74) is 2.86. The summed E-state index contributed by atoms with van der Waals surface area (Å²) in [4.78, 5) is 1.89. The number of hydrogen-bond donors (Lipinski definition) is 0. The Morgan fingerprint density at radius 3 is 2.53 bits per heavy atom. The number of anilines is 2.